The Hall–Kier alpha value is -3.17. The van der Waals surface area contributed by atoms with E-state index in [2.05, 4.69) is 48.6 Å². The van der Waals surface area contributed by atoms with Crippen LogP contribution < -0.4 is 0 Å². The van der Waals surface area contributed by atoms with Gasteiger partial charge < -0.3 is 9.47 Å². The molecule has 4 rings (SSSR count). The predicted molar refractivity (Wildman–Crippen MR) is 107 cm³/mol. The molecule has 2 atom stereocenters. The Labute approximate surface area is 158 Å². The summed E-state index contributed by atoms with van der Waals surface area (Å²) in [6, 6.07) is 26.4. The molecule has 0 bridgehead atoms. The Morgan fingerprint density at radius 3 is 2.30 bits per heavy atom. The Bertz CT molecular complexity index is 961. The molecule has 1 aliphatic rings. The third kappa shape index (κ3) is 3.69. The first-order valence-electron chi connectivity index (χ1n) is 8.92. The molecule has 0 saturated carbocycles. The lowest BCUT2D eigenvalue weighted by molar-refractivity contribution is -0.142. The van der Waals surface area contributed by atoms with Gasteiger partial charge in [0.1, 0.15) is 6.10 Å². The molecule has 0 aromatic heterocycles. The molecule has 0 radical (unpaired) electrons. The quantitative estimate of drug-likeness (QED) is 0.361. The number of esters is 1. The lowest BCUT2D eigenvalue weighted by Crippen LogP contribution is -2.10. The molecule has 3 aromatic carbocycles. The second-order valence-corrected chi connectivity index (χ2v) is 6.42. The van der Waals surface area contributed by atoms with Crippen molar-refractivity contribution in [3.05, 3.63) is 95.6 Å². The van der Waals surface area contributed by atoms with E-state index in [4.69, 9.17) is 9.47 Å². The highest BCUT2D eigenvalue weighted by Crippen LogP contribution is 2.45. The molecule has 1 heterocycles. The topological polar surface area (TPSA) is 38.8 Å². The number of ether oxygens (including phenoxy) is 2. The predicted octanol–water partition coefficient (Wildman–Crippen LogP) is 5.14. The van der Waals surface area contributed by atoms with Gasteiger partial charge in [-0.1, -0.05) is 91.0 Å². The summed E-state index contributed by atoms with van der Waals surface area (Å²) in [5, 5.41) is 0. The molecule has 27 heavy (non-hydrogen) atoms. The molecule has 1 saturated heterocycles. The molecule has 0 amide bonds. The standard InChI is InChI=1S/C24H20O3/c1-26-24(25)23-22(27-23)21-19(16-15-17-9-4-2-5-10-17)13-8-14-20(21)18-11-6-3-7-12-18/h2-16,22-23H,1H3/b16-15+. The molecular weight excluding hydrogens is 336 g/mol. The first-order chi connectivity index (χ1) is 13.3. The van der Waals surface area contributed by atoms with Gasteiger partial charge in [0.2, 0.25) is 0 Å². The van der Waals surface area contributed by atoms with Gasteiger partial charge in [-0.3, -0.25) is 0 Å². The molecule has 3 aromatic rings. The van der Waals surface area contributed by atoms with Crippen molar-refractivity contribution in [1.82, 2.24) is 0 Å². The van der Waals surface area contributed by atoms with Gasteiger partial charge in [-0.2, -0.15) is 0 Å². The summed E-state index contributed by atoms with van der Waals surface area (Å²) in [5.41, 5.74) is 5.35. The lowest BCUT2D eigenvalue weighted by atomic mass is 9.91. The molecule has 0 N–H and O–H groups in total. The van der Waals surface area contributed by atoms with E-state index >= 15 is 0 Å². The number of epoxide rings is 1. The van der Waals surface area contributed by atoms with E-state index in [1.165, 1.54) is 7.11 Å². The van der Waals surface area contributed by atoms with Crippen molar-refractivity contribution in [2.24, 2.45) is 0 Å². The fourth-order valence-electron chi connectivity index (χ4n) is 3.29. The van der Waals surface area contributed by atoms with E-state index in [1.54, 1.807) is 0 Å². The van der Waals surface area contributed by atoms with Gasteiger partial charge >= 0.3 is 5.97 Å². The van der Waals surface area contributed by atoms with Crippen LogP contribution in [0.4, 0.5) is 0 Å². The fourth-order valence-corrected chi connectivity index (χ4v) is 3.29. The van der Waals surface area contributed by atoms with Crippen molar-refractivity contribution in [1.29, 1.82) is 0 Å². The molecule has 3 nitrogen and oxygen atoms in total. The van der Waals surface area contributed by atoms with Crippen LogP contribution in [0.25, 0.3) is 23.3 Å². The molecular formula is C24H20O3. The summed E-state index contributed by atoms with van der Waals surface area (Å²) in [5.74, 6) is -0.333. The number of rotatable bonds is 5. The van der Waals surface area contributed by atoms with Gasteiger partial charge in [0, 0.05) is 0 Å². The molecule has 1 aliphatic heterocycles. The van der Waals surface area contributed by atoms with Crippen LogP contribution in [0.5, 0.6) is 0 Å². The first kappa shape index (κ1) is 17.3. The van der Waals surface area contributed by atoms with Crippen molar-refractivity contribution in [3.8, 4) is 11.1 Å². The third-order valence-electron chi connectivity index (χ3n) is 4.69. The molecule has 3 heteroatoms. The Kier molecular flexibility index (Phi) is 4.86. The largest absolute Gasteiger partial charge is 0.467 e. The number of hydrogen-bond acceptors (Lipinski definition) is 3. The molecule has 134 valence electrons. The zero-order valence-electron chi connectivity index (χ0n) is 15.0. The number of carbonyl (C=O) groups is 1. The second kappa shape index (κ2) is 7.60. The normalized spacial score (nSPS) is 18.4. The van der Waals surface area contributed by atoms with E-state index in [0.29, 0.717) is 0 Å². The third-order valence-corrected chi connectivity index (χ3v) is 4.69. The number of carbonyl (C=O) groups excluding carboxylic acids is 1. The van der Waals surface area contributed by atoms with Crippen LogP contribution in [0.1, 0.15) is 22.8 Å². The Balaban J connectivity index is 1.77. The van der Waals surface area contributed by atoms with Crippen LogP contribution in [0.3, 0.4) is 0 Å². The maximum atomic E-state index is 11.9. The average Bonchev–Trinajstić information content (AvgIpc) is 3.53. The molecule has 0 spiro atoms. The van der Waals surface area contributed by atoms with Crippen molar-refractivity contribution in [3.63, 3.8) is 0 Å². The van der Waals surface area contributed by atoms with Crippen LogP contribution in [-0.2, 0) is 14.3 Å². The molecule has 2 unspecified atom stereocenters. The SMILES string of the molecule is COC(=O)C1OC1c1c(/C=C/c2ccccc2)cccc1-c1ccccc1. The summed E-state index contributed by atoms with van der Waals surface area (Å²) in [4.78, 5) is 11.9. The van der Waals surface area contributed by atoms with Gasteiger partial charge in [0.05, 0.1) is 7.11 Å². The van der Waals surface area contributed by atoms with E-state index in [9.17, 15) is 4.79 Å². The van der Waals surface area contributed by atoms with Crippen LogP contribution >= 0.6 is 0 Å². The number of hydrogen-bond donors (Lipinski definition) is 0. The van der Waals surface area contributed by atoms with Gasteiger partial charge in [0.25, 0.3) is 0 Å². The van der Waals surface area contributed by atoms with Gasteiger partial charge in [-0.15, -0.1) is 0 Å². The number of methoxy groups -OCH3 is 1. The van der Waals surface area contributed by atoms with E-state index in [0.717, 1.165) is 27.8 Å². The smallest absolute Gasteiger partial charge is 0.338 e. The zero-order valence-corrected chi connectivity index (χ0v) is 15.0. The van der Waals surface area contributed by atoms with Crippen molar-refractivity contribution < 1.29 is 14.3 Å². The van der Waals surface area contributed by atoms with Crippen LogP contribution in [0, 0.1) is 0 Å². The van der Waals surface area contributed by atoms with E-state index in [-0.39, 0.29) is 12.1 Å². The molecule has 1 fully saturated rings. The summed E-state index contributed by atoms with van der Waals surface area (Å²) in [6.07, 6.45) is 3.32. The van der Waals surface area contributed by atoms with Gasteiger partial charge in [-0.25, -0.2) is 4.79 Å². The maximum Gasteiger partial charge on any atom is 0.338 e. The zero-order chi connectivity index (χ0) is 18.6. The molecule has 0 aliphatic carbocycles. The summed E-state index contributed by atoms with van der Waals surface area (Å²) in [7, 11) is 1.39. The van der Waals surface area contributed by atoms with Crippen LogP contribution in [0.2, 0.25) is 0 Å². The second-order valence-electron chi connectivity index (χ2n) is 6.42. The maximum absolute atomic E-state index is 11.9. The minimum atomic E-state index is -0.538. The minimum absolute atomic E-state index is 0.288. The van der Waals surface area contributed by atoms with Crippen LogP contribution in [0.15, 0.2) is 78.9 Å². The van der Waals surface area contributed by atoms with E-state index < -0.39 is 6.10 Å². The lowest BCUT2D eigenvalue weighted by Gasteiger charge is -2.12. The summed E-state index contributed by atoms with van der Waals surface area (Å²) in [6.45, 7) is 0. The van der Waals surface area contributed by atoms with Crippen LogP contribution in [-0.4, -0.2) is 19.2 Å². The highest BCUT2D eigenvalue weighted by Gasteiger charge is 2.48. The van der Waals surface area contributed by atoms with Crippen molar-refractivity contribution >= 4 is 18.1 Å². The highest BCUT2D eigenvalue weighted by molar-refractivity contribution is 5.83. The highest BCUT2D eigenvalue weighted by atomic mass is 16.6. The average molecular weight is 356 g/mol. The van der Waals surface area contributed by atoms with Crippen molar-refractivity contribution in [2.75, 3.05) is 7.11 Å². The first-order valence-corrected chi connectivity index (χ1v) is 8.92. The Morgan fingerprint density at radius 2 is 1.59 bits per heavy atom. The van der Waals surface area contributed by atoms with Gasteiger partial charge in [-0.05, 0) is 27.8 Å². The van der Waals surface area contributed by atoms with Crippen molar-refractivity contribution in [2.45, 2.75) is 12.2 Å². The number of benzene rings is 3. The monoisotopic (exact) mass is 356 g/mol. The van der Waals surface area contributed by atoms with Gasteiger partial charge in [0.15, 0.2) is 6.10 Å². The minimum Gasteiger partial charge on any atom is -0.467 e. The summed E-state index contributed by atoms with van der Waals surface area (Å²) < 4.78 is 10.6. The fraction of sp³-hybridized carbons (Fsp3) is 0.125. The van der Waals surface area contributed by atoms with E-state index in [1.807, 2.05) is 42.5 Å². The summed E-state index contributed by atoms with van der Waals surface area (Å²) >= 11 is 0. The Morgan fingerprint density at radius 1 is 0.889 bits per heavy atom.